The summed E-state index contributed by atoms with van der Waals surface area (Å²) in [5, 5.41) is 18.1. The van der Waals surface area contributed by atoms with Crippen molar-refractivity contribution in [2.75, 3.05) is 0 Å². The SMILES string of the molecule is CC[C@H](C)[C@H](NC(=O)c1n[nH]c(C2CC2)n1)C(=O)O. The highest BCUT2D eigenvalue weighted by Crippen LogP contribution is 2.37. The van der Waals surface area contributed by atoms with Crippen LogP contribution in [0.25, 0.3) is 0 Å². The van der Waals surface area contributed by atoms with E-state index >= 15 is 0 Å². The van der Waals surface area contributed by atoms with Crippen LogP contribution in [0.4, 0.5) is 0 Å². The molecule has 1 fully saturated rings. The summed E-state index contributed by atoms with van der Waals surface area (Å²) < 4.78 is 0. The standard InChI is InChI=1S/C12H18N4O3/c1-3-6(2)8(12(18)19)13-11(17)10-14-9(15-16-10)7-4-5-7/h6-8H,3-5H2,1-2H3,(H,13,17)(H,18,19)(H,14,15,16)/t6-,8-/m0/s1. The summed E-state index contributed by atoms with van der Waals surface area (Å²) in [6.45, 7) is 3.66. The molecule has 1 aliphatic rings. The molecule has 1 aromatic heterocycles. The first-order valence-corrected chi connectivity index (χ1v) is 6.48. The number of aromatic nitrogens is 3. The summed E-state index contributed by atoms with van der Waals surface area (Å²) in [4.78, 5) is 27.1. The summed E-state index contributed by atoms with van der Waals surface area (Å²) in [6, 6.07) is -0.916. The molecule has 0 unspecified atom stereocenters. The topological polar surface area (TPSA) is 108 Å². The van der Waals surface area contributed by atoms with Crippen molar-refractivity contribution in [3.63, 3.8) is 0 Å². The smallest absolute Gasteiger partial charge is 0.326 e. The van der Waals surface area contributed by atoms with Gasteiger partial charge in [-0.2, -0.15) is 0 Å². The Morgan fingerprint density at radius 2 is 2.21 bits per heavy atom. The van der Waals surface area contributed by atoms with E-state index in [1.807, 2.05) is 6.92 Å². The van der Waals surface area contributed by atoms with Crippen LogP contribution in [0.15, 0.2) is 0 Å². The molecule has 0 radical (unpaired) electrons. The predicted molar refractivity (Wildman–Crippen MR) is 66.7 cm³/mol. The van der Waals surface area contributed by atoms with Gasteiger partial charge in [-0.1, -0.05) is 20.3 Å². The highest BCUT2D eigenvalue weighted by atomic mass is 16.4. The molecule has 0 bridgehead atoms. The molecule has 2 atom stereocenters. The zero-order chi connectivity index (χ0) is 14.0. The molecule has 0 saturated heterocycles. The molecular formula is C12H18N4O3. The Hall–Kier alpha value is -1.92. The number of carboxylic acids is 1. The molecule has 1 aromatic rings. The second-order valence-corrected chi connectivity index (χ2v) is 4.99. The van der Waals surface area contributed by atoms with Crippen molar-refractivity contribution in [2.45, 2.75) is 45.1 Å². The van der Waals surface area contributed by atoms with Crippen LogP contribution in [0.1, 0.15) is 55.5 Å². The fourth-order valence-electron chi connectivity index (χ4n) is 1.80. The Balaban J connectivity index is 2.03. The number of aliphatic carboxylic acids is 1. The fraction of sp³-hybridized carbons (Fsp3) is 0.667. The monoisotopic (exact) mass is 266 g/mol. The van der Waals surface area contributed by atoms with E-state index in [1.165, 1.54) is 0 Å². The number of carbonyl (C=O) groups is 2. The Morgan fingerprint density at radius 1 is 1.53 bits per heavy atom. The van der Waals surface area contributed by atoms with E-state index in [0.717, 1.165) is 12.8 Å². The van der Waals surface area contributed by atoms with Crippen LogP contribution in [0.2, 0.25) is 0 Å². The lowest BCUT2D eigenvalue weighted by molar-refractivity contribution is -0.140. The average molecular weight is 266 g/mol. The normalized spacial score (nSPS) is 17.8. The highest BCUT2D eigenvalue weighted by molar-refractivity contribution is 5.93. The van der Waals surface area contributed by atoms with Crippen molar-refractivity contribution in [1.82, 2.24) is 20.5 Å². The third kappa shape index (κ3) is 3.10. The van der Waals surface area contributed by atoms with Gasteiger partial charge in [-0.15, -0.1) is 5.10 Å². The lowest BCUT2D eigenvalue weighted by Gasteiger charge is -2.19. The Kier molecular flexibility index (Phi) is 3.82. The first kappa shape index (κ1) is 13.5. The van der Waals surface area contributed by atoms with Gasteiger partial charge in [-0.05, 0) is 18.8 Å². The van der Waals surface area contributed by atoms with Crippen LogP contribution in [0.5, 0.6) is 0 Å². The van der Waals surface area contributed by atoms with Crippen LogP contribution in [-0.4, -0.2) is 38.2 Å². The van der Waals surface area contributed by atoms with Crippen LogP contribution in [-0.2, 0) is 4.79 Å². The molecule has 1 heterocycles. The number of nitrogens with zero attached hydrogens (tertiary/aromatic N) is 2. The molecule has 0 aliphatic heterocycles. The van der Waals surface area contributed by atoms with Gasteiger partial charge >= 0.3 is 5.97 Å². The Morgan fingerprint density at radius 3 is 2.74 bits per heavy atom. The molecule has 0 spiro atoms. The average Bonchev–Trinajstić information content (AvgIpc) is 3.12. The number of hydrogen-bond acceptors (Lipinski definition) is 4. The number of amides is 1. The third-order valence-corrected chi connectivity index (χ3v) is 3.44. The van der Waals surface area contributed by atoms with Crippen molar-refractivity contribution < 1.29 is 14.7 Å². The number of nitrogens with one attached hydrogen (secondary N) is 2. The molecule has 1 amide bonds. The third-order valence-electron chi connectivity index (χ3n) is 3.44. The zero-order valence-corrected chi connectivity index (χ0v) is 11.0. The second kappa shape index (κ2) is 5.38. The van der Waals surface area contributed by atoms with E-state index in [4.69, 9.17) is 5.11 Å². The number of rotatable bonds is 6. The molecule has 3 N–H and O–H groups in total. The van der Waals surface area contributed by atoms with Gasteiger partial charge in [0.25, 0.3) is 5.91 Å². The van der Waals surface area contributed by atoms with Gasteiger partial charge in [0.15, 0.2) is 0 Å². The van der Waals surface area contributed by atoms with Crippen molar-refractivity contribution in [3.05, 3.63) is 11.6 Å². The fourth-order valence-corrected chi connectivity index (χ4v) is 1.80. The minimum absolute atomic E-state index is 0.0106. The molecule has 1 saturated carbocycles. The van der Waals surface area contributed by atoms with E-state index < -0.39 is 17.9 Å². The van der Waals surface area contributed by atoms with Crippen LogP contribution in [0, 0.1) is 5.92 Å². The lowest BCUT2D eigenvalue weighted by Crippen LogP contribution is -2.45. The summed E-state index contributed by atoms with van der Waals surface area (Å²) in [6.07, 6.45) is 2.78. The minimum atomic E-state index is -1.04. The minimum Gasteiger partial charge on any atom is -0.480 e. The number of aromatic amines is 1. The van der Waals surface area contributed by atoms with Crippen molar-refractivity contribution in [3.8, 4) is 0 Å². The molecule has 104 valence electrons. The first-order chi connectivity index (χ1) is 9.02. The second-order valence-electron chi connectivity index (χ2n) is 4.99. The molecule has 7 nitrogen and oxygen atoms in total. The number of hydrogen-bond donors (Lipinski definition) is 3. The van der Waals surface area contributed by atoms with Gasteiger partial charge in [0.05, 0.1) is 0 Å². The lowest BCUT2D eigenvalue weighted by atomic mass is 9.99. The summed E-state index contributed by atoms with van der Waals surface area (Å²) in [7, 11) is 0. The van der Waals surface area contributed by atoms with E-state index in [-0.39, 0.29) is 11.7 Å². The summed E-state index contributed by atoms with van der Waals surface area (Å²) in [5.41, 5.74) is 0. The maximum absolute atomic E-state index is 11.9. The molecule has 19 heavy (non-hydrogen) atoms. The maximum Gasteiger partial charge on any atom is 0.326 e. The number of carbonyl (C=O) groups excluding carboxylic acids is 1. The Bertz CT molecular complexity index is 481. The highest BCUT2D eigenvalue weighted by Gasteiger charge is 2.30. The number of carboxylic acid groups (broad SMARTS) is 1. The summed E-state index contributed by atoms with van der Waals surface area (Å²) in [5.74, 6) is -0.643. The van der Waals surface area contributed by atoms with E-state index in [1.54, 1.807) is 6.92 Å². The van der Waals surface area contributed by atoms with Gasteiger partial charge in [-0.3, -0.25) is 9.89 Å². The molecule has 1 aliphatic carbocycles. The zero-order valence-electron chi connectivity index (χ0n) is 11.0. The first-order valence-electron chi connectivity index (χ1n) is 6.48. The maximum atomic E-state index is 11.9. The molecule has 0 aromatic carbocycles. The van der Waals surface area contributed by atoms with Crippen molar-refractivity contribution >= 4 is 11.9 Å². The molecular weight excluding hydrogens is 248 g/mol. The predicted octanol–water partition coefficient (Wildman–Crippen LogP) is 0.911. The van der Waals surface area contributed by atoms with Gasteiger partial charge in [0, 0.05) is 5.92 Å². The quantitative estimate of drug-likeness (QED) is 0.709. The molecule has 7 heteroatoms. The van der Waals surface area contributed by atoms with Gasteiger partial charge in [0.2, 0.25) is 5.82 Å². The van der Waals surface area contributed by atoms with Gasteiger partial charge in [0.1, 0.15) is 11.9 Å². The van der Waals surface area contributed by atoms with Crippen molar-refractivity contribution in [2.24, 2.45) is 5.92 Å². The van der Waals surface area contributed by atoms with Crippen LogP contribution >= 0.6 is 0 Å². The largest absolute Gasteiger partial charge is 0.480 e. The van der Waals surface area contributed by atoms with E-state index in [9.17, 15) is 9.59 Å². The summed E-state index contributed by atoms with van der Waals surface area (Å²) >= 11 is 0. The van der Waals surface area contributed by atoms with Gasteiger partial charge < -0.3 is 10.4 Å². The van der Waals surface area contributed by atoms with Crippen molar-refractivity contribution in [1.29, 1.82) is 0 Å². The van der Waals surface area contributed by atoms with E-state index in [0.29, 0.717) is 18.2 Å². The Labute approximate surface area is 110 Å². The van der Waals surface area contributed by atoms with Crippen LogP contribution < -0.4 is 5.32 Å². The van der Waals surface area contributed by atoms with Gasteiger partial charge in [-0.25, -0.2) is 9.78 Å². The number of H-pyrrole nitrogens is 1. The van der Waals surface area contributed by atoms with E-state index in [2.05, 4.69) is 20.5 Å². The molecule has 2 rings (SSSR count). The van der Waals surface area contributed by atoms with Crippen LogP contribution in [0.3, 0.4) is 0 Å².